The summed E-state index contributed by atoms with van der Waals surface area (Å²) in [6.45, 7) is 3.81. The molecule has 1 rings (SSSR count). The zero-order chi connectivity index (χ0) is 42.4. The highest BCUT2D eigenvalue weighted by molar-refractivity contribution is 7.45. The predicted octanol–water partition coefficient (Wildman–Crippen LogP) is 8.31. The number of likely N-dealkylation sites (N-methyl/N-ethyl adjacent to an activating group) is 1. The van der Waals surface area contributed by atoms with Crippen molar-refractivity contribution in [2.45, 2.75) is 180 Å². The van der Waals surface area contributed by atoms with Crippen molar-refractivity contribution in [3.63, 3.8) is 0 Å². The standard InChI is InChI=1S/C44H80NO11P/c1-6-8-10-11-12-13-14-15-16-17-18-19-25-29-44(50)56-38(36-55-57(51,52)54-33-32-45(3,4)5)35-53-43(49)28-24-21-20-23-27-39-40(42(48)34-41(39)47)31-30-37(46)26-22-9-7-2/h20,23,30-31,37-40,42,46,48H,6-19,21-22,24-29,32-36H2,1-5H3/b23-20-,31-30+/t37-,38+,39+,40+,42+/m0/s1. The Morgan fingerprint density at radius 3 is 2.02 bits per heavy atom. The number of hydrogen-bond donors (Lipinski definition) is 2. The molecule has 57 heavy (non-hydrogen) atoms. The lowest BCUT2D eigenvalue weighted by atomic mass is 9.90. The first-order chi connectivity index (χ1) is 27.2. The number of aliphatic hydroxyl groups excluding tert-OH is 2. The van der Waals surface area contributed by atoms with Crippen molar-refractivity contribution in [2.24, 2.45) is 11.8 Å². The van der Waals surface area contributed by atoms with E-state index in [0.717, 1.165) is 38.5 Å². The maximum absolute atomic E-state index is 12.7. The summed E-state index contributed by atoms with van der Waals surface area (Å²) in [6.07, 6.45) is 25.7. The Morgan fingerprint density at radius 1 is 0.825 bits per heavy atom. The molecule has 332 valence electrons. The van der Waals surface area contributed by atoms with Gasteiger partial charge in [-0.15, -0.1) is 0 Å². The van der Waals surface area contributed by atoms with Gasteiger partial charge in [-0.05, 0) is 32.1 Å². The van der Waals surface area contributed by atoms with Crippen LogP contribution in [0.1, 0.15) is 162 Å². The lowest BCUT2D eigenvalue weighted by Crippen LogP contribution is -2.37. The van der Waals surface area contributed by atoms with Gasteiger partial charge in [-0.2, -0.15) is 0 Å². The van der Waals surface area contributed by atoms with Crippen molar-refractivity contribution in [2.75, 3.05) is 47.5 Å². The fourth-order valence-corrected chi connectivity index (χ4v) is 7.48. The summed E-state index contributed by atoms with van der Waals surface area (Å²) in [7, 11) is 1.02. The van der Waals surface area contributed by atoms with Gasteiger partial charge in [-0.25, -0.2) is 0 Å². The third kappa shape index (κ3) is 29.0. The number of nitrogens with zero attached hydrogens (tertiary/aromatic N) is 1. The number of phosphoric ester groups is 1. The molecule has 0 spiro atoms. The molecule has 1 unspecified atom stereocenters. The molecule has 0 bridgehead atoms. The lowest BCUT2D eigenvalue weighted by molar-refractivity contribution is -0.870. The normalized spacial score (nSPS) is 19.6. The van der Waals surface area contributed by atoms with Crippen LogP contribution in [0.3, 0.4) is 0 Å². The Kier molecular flexibility index (Phi) is 29.7. The summed E-state index contributed by atoms with van der Waals surface area (Å²) in [5, 5.41) is 20.7. The second-order valence-electron chi connectivity index (χ2n) is 16.8. The number of aliphatic hydroxyl groups is 2. The molecule has 0 amide bonds. The molecule has 1 aliphatic rings. The van der Waals surface area contributed by atoms with E-state index >= 15 is 0 Å². The zero-order valence-corrected chi connectivity index (χ0v) is 37.1. The van der Waals surface area contributed by atoms with Crippen LogP contribution in [0, 0.1) is 11.8 Å². The van der Waals surface area contributed by atoms with Crippen molar-refractivity contribution in [1.29, 1.82) is 0 Å². The smallest absolute Gasteiger partial charge is 0.306 e. The maximum Gasteiger partial charge on any atom is 0.306 e. The summed E-state index contributed by atoms with van der Waals surface area (Å²) < 4.78 is 33.8. The van der Waals surface area contributed by atoms with Gasteiger partial charge in [0.25, 0.3) is 7.82 Å². The Bertz CT molecular complexity index is 1190. The summed E-state index contributed by atoms with van der Waals surface area (Å²) >= 11 is 0. The Labute approximate surface area is 345 Å². The van der Waals surface area contributed by atoms with Crippen molar-refractivity contribution < 1.29 is 57.1 Å². The number of unbranched alkanes of at least 4 members (excludes halogenated alkanes) is 15. The highest BCUT2D eigenvalue weighted by Crippen LogP contribution is 2.38. The molecule has 12 nitrogen and oxygen atoms in total. The zero-order valence-electron chi connectivity index (χ0n) is 36.3. The fraction of sp³-hybridized carbons (Fsp3) is 0.841. The molecule has 1 aliphatic carbocycles. The number of rotatable bonds is 36. The van der Waals surface area contributed by atoms with Crippen LogP contribution in [0.4, 0.5) is 0 Å². The van der Waals surface area contributed by atoms with Gasteiger partial charge in [0.1, 0.15) is 25.5 Å². The van der Waals surface area contributed by atoms with E-state index in [0.29, 0.717) is 43.1 Å². The van der Waals surface area contributed by atoms with Crippen LogP contribution in [-0.2, 0) is 37.5 Å². The minimum atomic E-state index is -4.69. The molecule has 6 atom stereocenters. The van der Waals surface area contributed by atoms with Crippen LogP contribution >= 0.6 is 7.82 Å². The minimum Gasteiger partial charge on any atom is -0.756 e. The van der Waals surface area contributed by atoms with Gasteiger partial charge < -0.3 is 38.1 Å². The number of ether oxygens (including phenoxy) is 2. The number of phosphoric acid groups is 1. The summed E-state index contributed by atoms with van der Waals surface area (Å²) in [5.41, 5.74) is 0. The number of carbonyl (C=O) groups is 3. The average Bonchev–Trinajstić information content (AvgIpc) is 3.41. The molecule has 1 saturated carbocycles. The van der Waals surface area contributed by atoms with Crippen molar-refractivity contribution in [3.05, 3.63) is 24.3 Å². The van der Waals surface area contributed by atoms with E-state index in [1.54, 1.807) is 12.2 Å². The molecule has 0 aromatic heterocycles. The molecule has 13 heteroatoms. The topological polar surface area (TPSA) is 169 Å². The highest BCUT2D eigenvalue weighted by atomic mass is 31.2. The fourth-order valence-electron chi connectivity index (χ4n) is 6.75. The molecule has 2 N–H and O–H groups in total. The minimum absolute atomic E-state index is 0.00140. The Balaban J connectivity index is 2.51. The van der Waals surface area contributed by atoms with Gasteiger partial charge in [-0.3, -0.25) is 18.9 Å². The van der Waals surface area contributed by atoms with Crippen LogP contribution in [0.15, 0.2) is 24.3 Å². The first kappa shape index (κ1) is 53.1. The number of carbonyl (C=O) groups excluding carboxylic acids is 3. The second kappa shape index (κ2) is 31.9. The molecule has 0 aliphatic heterocycles. The van der Waals surface area contributed by atoms with E-state index in [9.17, 15) is 34.1 Å². The molecule has 0 radical (unpaired) electrons. The largest absolute Gasteiger partial charge is 0.756 e. The predicted molar refractivity (Wildman–Crippen MR) is 223 cm³/mol. The van der Waals surface area contributed by atoms with Crippen LogP contribution in [0.2, 0.25) is 0 Å². The SMILES string of the molecule is CCCCCCCCCCCCCCCC(=O)O[C@H](COC(=O)CCC/C=C\C[C@H]1C(=O)C[C@@H](O)[C@@H]1/C=C/[C@@H](O)CCCCC)COP(=O)([O-])OCC[N+](C)(C)C. The third-order valence-electron chi connectivity index (χ3n) is 10.3. The van der Waals surface area contributed by atoms with E-state index in [1.807, 2.05) is 33.3 Å². The van der Waals surface area contributed by atoms with Gasteiger partial charge in [-0.1, -0.05) is 134 Å². The quantitative estimate of drug-likeness (QED) is 0.0205. The monoisotopic (exact) mass is 830 g/mol. The van der Waals surface area contributed by atoms with Crippen molar-refractivity contribution in [3.8, 4) is 0 Å². The van der Waals surface area contributed by atoms with Gasteiger partial charge in [0, 0.05) is 31.1 Å². The molecular formula is C44H80NO11P. The number of Topliss-reactive ketones (excluding diaryl/α,β-unsaturated/α-hetero) is 1. The number of hydrogen-bond acceptors (Lipinski definition) is 11. The van der Waals surface area contributed by atoms with E-state index in [4.69, 9.17) is 18.5 Å². The number of quaternary nitrogens is 1. The third-order valence-corrected chi connectivity index (χ3v) is 11.3. The summed E-state index contributed by atoms with van der Waals surface area (Å²) in [5.74, 6) is -1.74. The van der Waals surface area contributed by atoms with Crippen molar-refractivity contribution in [1.82, 2.24) is 0 Å². The van der Waals surface area contributed by atoms with Gasteiger partial charge in [0.15, 0.2) is 6.10 Å². The Hall–Kier alpha value is -1.92. The van der Waals surface area contributed by atoms with E-state index in [-0.39, 0.29) is 50.1 Å². The van der Waals surface area contributed by atoms with Gasteiger partial charge in [0.05, 0.1) is 40.0 Å². The molecule has 1 fully saturated rings. The number of ketones is 1. The highest BCUT2D eigenvalue weighted by Gasteiger charge is 2.39. The number of allylic oxidation sites excluding steroid dienone is 2. The molecule has 0 saturated heterocycles. The molecule has 0 heterocycles. The maximum atomic E-state index is 12.7. The summed E-state index contributed by atoms with van der Waals surface area (Å²) in [6, 6.07) is 0. The first-order valence-corrected chi connectivity index (χ1v) is 23.6. The van der Waals surface area contributed by atoms with Gasteiger partial charge >= 0.3 is 11.9 Å². The average molecular weight is 830 g/mol. The molecule has 0 aromatic carbocycles. The van der Waals surface area contributed by atoms with E-state index in [1.165, 1.54) is 57.8 Å². The Morgan fingerprint density at radius 2 is 1.40 bits per heavy atom. The van der Waals surface area contributed by atoms with Crippen LogP contribution in [-0.4, -0.2) is 98.2 Å². The lowest BCUT2D eigenvalue weighted by Gasteiger charge is -2.28. The van der Waals surface area contributed by atoms with E-state index in [2.05, 4.69) is 13.8 Å². The van der Waals surface area contributed by atoms with E-state index < -0.39 is 44.7 Å². The first-order valence-electron chi connectivity index (χ1n) is 22.1. The van der Waals surface area contributed by atoms with Gasteiger partial charge in [0.2, 0.25) is 0 Å². The number of esters is 2. The van der Waals surface area contributed by atoms with Crippen LogP contribution in [0.5, 0.6) is 0 Å². The summed E-state index contributed by atoms with van der Waals surface area (Å²) in [4.78, 5) is 50.2. The van der Waals surface area contributed by atoms with Crippen LogP contribution in [0.25, 0.3) is 0 Å². The second-order valence-corrected chi connectivity index (χ2v) is 18.3. The molecule has 0 aromatic rings. The molecular weight excluding hydrogens is 749 g/mol. The van der Waals surface area contributed by atoms with Crippen molar-refractivity contribution >= 4 is 25.5 Å². The van der Waals surface area contributed by atoms with Crippen LogP contribution < -0.4 is 4.89 Å².